The summed E-state index contributed by atoms with van der Waals surface area (Å²) < 4.78 is 19.5. The van der Waals surface area contributed by atoms with Gasteiger partial charge in [0, 0.05) is 39.4 Å². The summed E-state index contributed by atoms with van der Waals surface area (Å²) in [5.74, 6) is 0.0321. The van der Waals surface area contributed by atoms with Crippen LogP contribution in [0.2, 0.25) is 0 Å². The van der Waals surface area contributed by atoms with Gasteiger partial charge in [-0.3, -0.25) is 4.79 Å². The number of hydrogen-bond acceptors (Lipinski definition) is 4. The number of ether oxygens (including phenoxy) is 1. The topological polar surface area (TPSA) is 53.1 Å². The zero-order valence-electron chi connectivity index (χ0n) is 17.3. The minimum absolute atomic E-state index is 0.210. The number of carbonyl (C=O) groups excluding carboxylic acids is 2. The lowest BCUT2D eigenvalue weighted by Crippen LogP contribution is -2.57. The minimum Gasteiger partial charge on any atom is -0.381 e. The van der Waals surface area contributed by atoms with E-state index in [0.29, 0.717) is 36.6 Å². The van der Waals surface area contributed by atoms with Gasteiger partial charge < -0.3 is 14.5 Å². The number of urea groups is 1. The van der Waals surface area contributed by atoms with Gasteiger partial charge in [0.2, 0.25) is 0 Å². The van der Waals surface area contributed by atoms with E-state index in [4.69, 9.17) is 4.74 Å². The summed E-state index contributed by atoms with van der Waals surface area (Å²) in [6, 6.07) is 4.22. The third kappa shape index (κ3) is 3.55. The zero-order chi connectivity index (χ0) is 20.6. The molecule has 0 atom stereocenters. The molecule has 0 aromatic heterocycles. The number of imide groups is 1. The van der Waals surface area contributed by atoms with Gasteiger partial charge >= 0.3 is 6.03 Å². The van der Waals surface area contributed by atoms with Crippen LogP contribution in [0.25, 0.3) is 0 Å². The number of benzene rings is 1. The lowest BCUT2D eigenvalue weighted by atomic mass is 9.85. The maximum absolute atomic E-state index is 14.1. The molecule has 6 nitrogen and oxygen atoms in total. The van der Waals surface area contributed by atoms with Gasteiger partial charge in [-0.2, -0.15) is 0 Å². The predicted octanol–water partition coefficient (Wildman–Crippen LogP) is 3.18. The zero-order valence-corrected chi connectivity index (χ0v) is 17.3. The first-order valence-electron chi connectivity index (χ1n) is 10.7. The maximum Gasteiger partial charge on any atom is 0.332 e. The van der Waals surface area contributed by atoms with Crippen LogP contribution in [0.15, 0.2) is 18.2 Å². The fraction of sp³-hybridized carbons (Fsp3) is 0.636. The van der Waals surface area contributed by atoms with Crippen molar-refractivity contribution in [2.24, 2.45) is 5.92 Å². The van der Waals surface area contributed by atoms with E-state index in [0.717, 1.165) is 45.7 Å². The van der Waals surface area contributed by atoms with Crippen molar-refractivity contribution in [3.05, 3.63) is 29.6 Å². The monoisotopic (exact) mass is 403 g/mol. The number of likely N-dealkylation sites (N-methyl/N-ethyl adjacent to an activating group) is 1. The molecule has 4 rings (SSSR count). The Bertz CT molecular complexity index is 786. The summed E-state index contributed by atoms with van der Waals surface area (Å²) in [6.07, 6.45) is 3.43. The molecule has 3 heterocycles. The van der Waals surface area contributed by atoms with Crippen molar-refractivity contribution in [3.8, 4) is 0 Å². The summed E-state index contributed by atoms with van der Waals surface area (Å²) in [6.45, 7) is 8.32. The molecule has 0 aliphatic carbocycles. The van der Waals surface area contributed by atoms with Crippen molar-refractivity contribution >= 4 is 17.6 Å². The van der Waals surface area contributed by atoms with Crippen LogP contribution < -0.4 is 4.90 Å². The van der Waals surface area contributed by atoms with Crippen LogP contribution >= 0.6 is 0 Å². The first-order chi connectivity index (χ1) is 14.0. The summed E-state index contributed by atoms with van der Waals surface area (Å²) in [5.41, 5.74) is 0.0127. The van der Waals surface area contributed by atoms with Gasteiger partial charge in [0.25, 0.3) is 5.91 Å². The van der Waals surface area contributed by atoms with E-state index < -0.39 is 11.4 Å². The number of piperidine rings is 1. The highest BCUT2D eigenvalue weighted by molar-refractivity contribution is 6.23. The second-order valence-electron chi connectivity index (χ2n) is 8.49. The smallest absolute Gasteiger partial charge is 0.332 e. The lowest BCUT2D eigenvalue weighted by Gasteiger charge is -2.43. The Hall–Kier alpha value is -1.99. The number of anilines is 1. The number of nitrogens with zero attached hydrogens (tertiary/aromatic N) is 3. The number of rotatable bonds is 4. The van der Waals surface area contributed by atoms with Gasteiger partial charge in [0.15, 0.2) is 0 Å². The van der Waals surface area contributed by atoms with Gasteiger partial charge in [0.1, 0.15) is 11.4 Å². The second-order valence-corrected chi connectivity index (χ2v) is 8.49. The molecule has 0 radical (unpaired) electrons. The number of amides is 3. The summed E-state index contributed by atoms with van der Waals surface area (Å²) in [4.78, 5) is 31.8. The summed E-state index contributed by atoms with van der Waals surface area (Å²) >= 11 is 0. The molecule has 7 heteroatoms. The molecule has 0 saturated carbocycles. The van der Waals surface area contributed by atoms with E-state index in [1.807, 2.05) is 6.92 Å². The van der Waals surface area contributed by atoms with Gasteiger partial charge in [-0.1, -0.05) is 6.07 Å². The Labute approximate surface area is 171 Å². The molecule has 3 aliphatic heterocycles. The quantitative estimate of drug-likeness (QED) is 0.725. The van der Waals surface area contributed by atoms with E-state index in [-0.39, 0.29) is 11.9 Å². The highest BCUT2D eigenvalue weighted by Gasteiger charge is 2.57. The summed E-state index contributed by atoms with van der Waals surface area (Å²) in [5, 5.41) is 0. The van der Waals surface area contributed by atoms with Crippen molar-refractivity contribution in [1.82, 2.24) is 9.80 Å². The lowest BCUT2D eigenvalue weighted by molar-refractivity contribution is -0.127. The molecular weight excluding hydrogens is 373 g/mol. The van der Waals surface area contributed by atoms with Crippen LogP contribution in [0.1, 0.15) is 38.2 Å². The average molecular weight is 403 g/mol. The molecule has 3 aliphatic rings. The van der Waals surface area contributed by atoms with Crippen molar-refractivity contribution in [2.75, 3.05) is 44.3 Å². The Morgan fingerprint density at radius 3 is 2.48 bits per heavy atom. The van der Waals surface area contributed by atoms with Crippen LogP contribution in [-0.4, -0.2) is 66.7 Å². The Morgan fingerprint density at radius 1 is 1.17 bits per heavy atom. The van der Waals surface area contributed by atoms with E-state index >= 15 is 0 Å². The Kier molecular flexibility index (Phi) is 5.62. The molecule has 1 aromatic rings. The fourth-order valence-electron chi connectivity index (χ4n) is 4.98. The van der Waals surface area contributed by atoms with Crippen LogP contribution in [0.3, 0.4) is 0 Å². The number of halogens is 1. The van der Waals surface area contributed by atoms with Crippen LogP contribution in [0.5, 0.6) is 0 Å². The van der Waals surface area contributed by atoms with E-state index in [1.165, 1.54) is 11.0 Å². The maximum atomic E-state index is 14.1. The molecule has 3 fully saturated rings. The largest absolute Gasteiger partial charge is 0.381 e. The number of likely N-dealkylation sites (tertiary alicyclic amines) is 1. The second kappa shape index (κ2) is 8.03. The molecule has 0 unspecified atom stereocenters. The molecular formula is C22H30FN3O3. The van der Waals surface area contributed by atoms with Crippen LogP contribution in [-0.2, 0) is 9.53 Å². The Morgan fingerprint density at radius 2 is 1.86 bits per heavy atom. The number of hydrogen-bond donors (Lipinski definition) is 0. The van der Waals surface area contributed by atoms with Crippen molar-refractivity contribution in [2.45, 2.75) is 45.1 Å². The van der Waals surface area contributed by atoms with E-state index in [9.17, 15) is 14.0 Å². The highest BCUT2D eigenvalue weighted by Crippen LogP contribution is 2.39. The molecule has 0 bridgehead atoms. The third-order valence-corrected chi connectivity index (χ3v) is 6.81. The van der Waals surface area contributed by atoms with Gasteiger partial charge in [0.05, 0.1) is 5.69 Å². The van der Waals surface area contributed by atoms with Crippen molar-refractivity contribution < 1.29 is 18.7 Å². The molecule has 0 N–H and O–H groups in total. The van der Waals surface area contributed by atoms with Crippen LogP contribution in [0.4, 0.5) is 14.9 Å². The first kappa shape index (κ1) is 20.3. The summed E-state index contributed by atoms with van der Waals surface area (Å²) in [7, 11) is 0. The molecule has 1 aromatic carbocycles. The standard InChI is InChI=1S/C22H30FN3O3/c1-3-25-21(28)26(18-5-4-16(2)19(23)14-18)20(27)22(25)8-10-24(11-9-22)15-17-6-12-29-13-7-17/h4-5,14,17H,3,6-13,15H2,1-2H3. The average Bonchev–Trinajstić information content (AvgIpc) is 2.93. The van der Waals surface area contributed by atoms with Gasteiger partial charge in [-0.05, 0) is 63.1 Å². The van der Waals surface area contributed by atoms with E-state index in [2.05, 4.69) is 4.90 Å². The van der Waals surface area contributed by atoms with Crippen molar-refractivity contribution in [1.29, 1.82) is 0 Å². The van der Waals surface area contributed by atoms with E-state index in [1.54, 1.807) is 24.0 Å². The predicted molar refractivity (Wildman–Crippen MR) is 108 cm³/mol. The molecule has 158 valence electrons. The van der Waals surface area contributed by atoms with Crippen LogP contribution in [0, 0.1) is 18.7 Å². The minimum atomic E-state index is -0.806. The molecule has 3 saturated heterocycles. The number of aryl methyl sites for hydroxylation is 1. The molecule has 1 spiro atoms. The van der Waals surface area contributed by atoms with Crippen molar-refractivity contribution in [3.63, 3.8) is 0 Å². The fourth-order valence-corrected chi connectivity index (χ4v) is 4.98. The third-order valence-electron chi connectivity index (χ3n) is 6.81. The van der Waals surface area contributed by atoms with Gasteiger partial charge in [-0.15, -0.1) is 0 Å². The normalized spacial score (nSPS) is 23.4. The molecule has 3 amide bonds. The highest BCUT2D eigenvalue weighted by atomic mass is 19.1. The number of carbonyl (C=O) groups is 2. The Balaban J connectivity index is 1.51. The molecule has 29 heavy (non-hydrogen) atoms. The first-order valence-corrected chi connectivity index (χ1v) is 10.7. The SMILES string of the molecule is CCN1C(=O)N(c2ccc(C)c(F)c2)C(=O)C12CCN(CC1CCOCC1)CC2. The van der Waals surface area contributed by atoms with Gasteiger partial charge in [-0.25, -0.2) is 14.1 Å².